The minimum Gasteiger partial charge on any atom is -0.747 e. The Morgan fingerprint density at radius 2 is 1.64 bits per heavy atom. The van der Waals surface area contributed by atoms with Crippen LogP contribution < -0.4 is 0 Å². The minimum atomic E-state index is 0. The standard InChI is InChI=1S/C6H5O.C5H4Cl.Fe/c7-5-6-3-1-2-4-6;6-5-3-1-2-4-5;/h1-5H;1-4H;/q-1;-5;. The molecule has 0 aromatic heterocycles. The van der Waals surface area contributed by atoms with Crippen LogP contribution in [0.25, 0.3) is 0 Å². The fraction of sp³-hybridized carbons (Fsp3) is 0. The maximum Gasteiger partial charge on any atom is 0.0949 e. The molecule has 0 amide bonds. The third-order valence-electron chi connectivity index (χ3n) is 1.45. The van der Waals surface area contributed by atoms with Crippen molar-refractivity contribution in [2.45, 2.75) is 0 Å². The molecule has 0 N–H and O–H groups in total. The quantitative estimate of drug-likeness (QED) is 0.430. The summed E-state index contributed by atoms with van der Waals surface area (Å²) >= 11 is 5.46. The van der Waals surface area contributed by atoms with Gasteiger partial charge in [-0.2, -0.15) is 12.1 Å². The Morgan fingerprint density at radius 1 is 1.14 bits per heavy atom. The maximum atomic E-state index is 9.87. The van der Waals surface area contributed by atoms with Crippen LogP contribution in [0.15, 0.2) is 48.5 Å². The van der Waals surface area contributed by atoms with E-state index in [4.69, 9.17) is 11.6 Å². The van der Waals surface area contributed by atoms with Crippen LogP contribution in [-0.4, -0.2) is 6.29 Å². The molecule has 14 heavy (non-hydrogen) atoms. The van der Waals surface area contributed by atoms with E-state index < -0.39 is 0 Å². The molecule has 0 aliphatic rings. The van der Waals surface area contributed by atoms with E-state index >= 15 is 0 Å². The zero-order valence-corrected chi connectivity index (χ0v) is 9.20. The van der Waals surface area contributed by atoms with E-state index in [0.717, 1.165) is 16.9 Å². The van der Waals surface area contributed by atoms with Gasteiger partial charge in [-0.15, -0.1) is 0 Å². The van der Waals surface area contributed by atoms with Gasteiger partial charge in [0.05, 0.1) is 6.29 Å². The Kier molecular flexibility index (Phi) is 7.13. The molecular formula is C11H9ClFeO-6. The topological polar surface area (TPSA) is 17.1 Å². The molecule has 0 unspecified atom stereocenters. The van der Waals surface area contributed by atoms with Crippen molar-refractivity contribution in [2.24, 2.45) is 0 Å². The summed E-state index contributed by atoms with van der Waals surface area (Å²) in [5.41, 5.74) is 0.750. The van der Waals surface area contributed by atoms with Crippen molar-refractivity contribution < 1.29 is 21.9 Å². The Labute approximate surface area is 98.9 Å². The zero-order chi connectivity index (χ0) is 9.52. The first-order valence-electron chi connectivity index (χ1n) is 3.87. The van der Waals surface area contributed by atoms with Crippen molar-refractivity contribution in [1.29, 1.82) is 0 Å². The fourth-order valence-corrected chi connectivity index (χ4v) is 0.963. The number of halogens is 1. The monoisotopic (exact) mass is 248 g/mol. The summed E-state index contributed by atoms with van der Waals surface area (Å²) in [5.74, 6) is 0. The third-order valence-corrected chi connectivity index (χ3v) is 1.70. The van der Waals surface area contributed by atoms with Crippen molar-refractivity contribution in [3.05, 3.63) is 59.1 Å². The van der Waals surface area contributed by atoms with E-state index in [-0.39, 0.29) is 17.1 Å². The van der Waals surface area contributed by atoms with Gasteiger partial charge >= 0.3 is 0 Å². The summed E-state index contributed by atoms with van der Waals surface area (Å²) in [6, 6.07) is 14.7. The molecule has 2 rings (SSSR count). The SMILES string of the molecule is Cl[c-]1[cH-][cH-][cH-][cH-]1.O=C[c-]1cccc1.[Fe]. The van der Waals surface area contributed by atoms with Gasteiger partial charge in [0.2, 0.25) is 0 Å². The van der Waals surface area contributed by atoms with Gasteiger partial charge in [-0.1, -0.05) is 5.56 Å². The normalized spacial score (nSPS) is 8.07. The van der Waals surface area contributed by atoms with Crippen molar-refractivity contribution in [1.82, 2.24) is 0 Å². The minimum absolute atomic E-state index is 0. The van der Waals surface area contributed by atoms with Crippen molar-refractivity contribution >= 4 is 17.9 Å². The van der Waals surface area contributed by atoms with Crippen LogP contribution in [0.5, 0.6) is 0 Å². The van der Waals surface area contributed by atoms with Gasteiger partial charge in [0.1, 0.15) is 0 Å². The molecule has 3 heteroatoms. The van der Waals surface area contributed by atoms with Gasteiger partial charge in [0.15, 0.2) is 0 Å². The average molecular weight is 248 g/mol. The molecule has 2 aromatic carbocycles. The number of carbonyl (C=O) groups excluding carboxylic acids is 1. The summed E-state index contributed by atoms with van der Waals surface area (Å²) < 4.78 is 0. The average Bonchev–Trinajstić information content (AvgIpc) is 2.76. The second kappa shape index (κ2) is 7.57. The van der Waals surface area contributed by atoms with Crippen LogP contribution in [0.2, 0.25) is 5.02 Å². The molecule has 0 fully saturated rings. The van der Waals surface area contributed by atoms with Crippen molar-refractivity contribution in [3.8, 4) is 0 Å². The number of carbonyl (C=O) groups is 1. The molecule has 0 atom stereocenters. The van der Waals surface area contributed by atoms with Crippen LogP contribution in [0.1, 0.15) is 10.4 Å². The molecule has 1 nitrogen and oxygen atoms in total. The molecule has 0 spiro atoms. The van der Waals surface area contributed by atoms with Crippen LogP contribution in [-0.2, 0) is 17.1 Å². The first-order valence-corrected chi connectivity index (χ1v) is 4.25. The van der Waals surface area contributed by atoms with Crippen LogP contribution in [0.3, 0.4) is 0 Å². The van der Waals surface area contributed by atoms with Crippen LogP contribution in [0.4, 0.5) is 0 Å². The molecule has 0 saturated heterocycles. The van der Waals surface area contributed by atoms with E-state index in [2.05, 4.69) is 0 Å². The Morgan fingerprint density at radius 3 is 1.86 bits per heavy atom. The van der Waals surface area contributed by atoms with E-state index in [1.807, 2.05) is 36.4 Å². The van der Waals surface area contributed by atoms with Gasteiger partial charge in [-0.3, -0.25) is 0 Å². The Balaban J connectivity index is 0.000000227. The summed E-state index contributed by atoms with van der Waals surface area (Å²) in [5, 5.41) is 0.815. The number of hydrogen-bond acceptors (Lipinski definition) is 1. The molecular weight excluding hydrogens is 239 g/mol. The van der Waals surface area contributed by atoms with E-state index in [0.29, 0.717) is 0 Å². The number of rotatable bonds is 1. The first kappa shape index (κ1) is 13.2. The molecule has 2 aromatic rings. The molecule has 0 saturated carbocycles. The van der Waals surface area contributed by atoms with E-state index in [1.54, 1.807) is 12.1 Å². The smallest absolute Gasteiger partial charge is 0.0949 e. The summed E-state index contributed by atoms with van der Waals surface area (Å²) in [7, 11) is 0. The Hall–Kier alpha value is -0.821. The Bertz CT molecular complexity index is 324. The first-order chi connectivity index (χ1) is 6.33. The predicted molar refractivity (Wildman–Crippen MR) is 54.5 cm³/mol. The number of aldehydes is 1. The summed E-state index contributed by atoms with van der Waals surface area (Å²) in [6.45, 7) is 0. The van der Waals surface area contributed by atoms with Gasteiger partial charge in [0, 0.05) is 17.1 Å². The second-order valence-electron chi connectivity index (χ2n) is 2.44. The van der Waals surface area contributed by atoms with Gasteiger partial charge in [0.25, 0.3) is 0 Å². The largest absolute Gasteiger partial charge is 0.747 e. The van der Waals surface area contributed by atoms with Gasteiger partial charge in [-0.05, 0) is 0 Å². The molecule has 0 bridgehead atoms. The van der Waals surface area contributed by atoms with E-state index in [9.17, 15) is 4.79 Å². The van der Waals surface area contributed by atoms with Crippen molar-refractivity contribution in [2.75, 3.05) is 0 Å². The van der Waals surface area contributed by atoms with Crippen LogP contribution in [0, 0.1) is 0 Å². The summed E-state index contributed by atoms with van der Waals surface area (Å²) in [6.07, 6.45) is 0.833. The molecule has 80 valence electrons. The molecule has 0 radical (unpaired) electrons. The second-order valence-corrected chi connectivity index (χ2v) is 2.88. The van der Waals surface area contributed by atoms with E-state index in [1.165, 1.54) is 0 Å². The predicted octanol–water partition coefficient (Wildman–Crippen LogP) is 3.27. The maximum absolute atomic E-state index is 9.87. The fourth-order valence-electron chi connectivity index (χ4n) is 0.818. The van der Waals surface area contributed by atoms with Gasteiger partial charge in [-0.25, -0.2) is 12.1 Å². The van der Waals surface area contributed by atoms with Crippen molar-refractivity contribution in [3.63, 3.8) is 0 Å². The zero-order valence-electron chi connectivity index (χ0n) is 7.34. The molecule has 0 aliphatic heterocycles. The van der Waals surface area contributed by atoms with Gasteiger partial charge < -0.3 is 45.7 Å². The van der Waals surface area contributed by atoms with Crippen LogP contribution >= 0.6 is 11.6 Å². The molecule has 0 aliphatic carbocycles. The molecule has 0 heterocycles. The number of hydrogen-bond donors (Lipinski definition) is 0. The third kappa shape index (κ3) is 5.03. The summed E-state index contributed by atoms with van der Waals surface area (Å²) in [4.78, 5) is 9.87.